The van der Waals surface area contributed by atoms with Crippen molar-refractivity contribution in [2.45, 2.75) is 116 Å². The van der Waals surface area contributed by atoms with E-state index in [2.05, 4.69) is 53.0 Å². The maximum Gasteiger partial charge on any atom is 0.231 e. The van der Waals surface area contributed by atoms with Crippen LogP contribution in [0.25, 0.3) is 0 Å². The number of alkyl halides is 1. The van der Waals surface area contributed by atoms with Crippen LogP contribution in [0.4, 0.5) is 0 Å². The fraction of sp³-hybridized carbons (Fsp3) is 0.912. The molecule has 9 nitrogen and oxygen atoms in total. The lowest BCUT2D eigenvalue weighted by Crippen LogP contribution is -2.59. The fourth-order valence-corrected chi connectivity index (χ4v) is 9.69. The van der Waals surface area contributed by atoms with E-state index in [9.17, 15) is 9.35 Å². The van der Waals surface area contributed by atoms with E-state index in [-0.39, 0.29) is 22.7 Å². The zero-order valence-corrected chi connectivity index (χ0v) is 30.3. The first-order valence-corrected chi connectivity index (χ1v) is 20.0. The Morgan fingerprint density at radius 2 is 1.84 bits per heavy atom. The highest BCUT2D eigenvalue weighted by Gasteiger charge is 2.41. The third kappa shape index (κ3) is 10.2. The molecule has 6 N–H and O–H groups in total. The van der Waals surface area contributed by atoms with Crippen LogP contribution in [0.2, 0.25) is 0 Å². The molecular weight excluding hydrogens is 606 g/mol. The molecule has 1 amide bonds. The minimum atomic E-state index is -0.776. The Bertz CT molecular complexity index is 957. The van der Waals surface area contributed by atoms with Crippen molar-refractivity contribution in [3.8, 4) is 0 Å². The van der Waals surface area contributed by atoms with E-state index in [0.717, 1.165) is 127 Å². The number of hydrogen-bond donors (Lipinski definition) is 4. The Hall–Kier alpha value is -0.590. The monoisotopic (exact) mass is 669 g/mol. The van der Waals surface area contributed by atoms with E-state index in [4.69, 9.17) is 23.1 Å². The number of carbonyl (C=O) groups is 1. The van der Waals surface area contributed by atoms with E-state index in [1.54, 1.807) is 0 Å². The Balaban J connectivity index is 1.57. The molecule has 4 rings (SSSR count). The molecule has 5 unspecified atom stereocenters. The highest BCUT2D eigenvalue weighted by Crippen LogP contribution is 2.39. The number of hydrogen-bond acceptors (Lipinski definition) is 8. The molecule has 0 aromatic carbocycles. The normalized spacial score (nSPS) is 31.2. The average molecular weight is 670 g/mol. The summed E-state index contributed by atoms with van der Waals surface area (Å²) < 4.78 is 11.9. The Morgan fingerprint density at radius 1 is 1.13 bits per heavy atom. The summed E-state index contributed by atoms with van der Waals surface area (Å²) in [6.45, 7) is 16.3. The predicted molar refractivity (Wildman–Crippen MR) is 188 cm³/mol. The first-order chi connectivity index (χ1) is 21.6. The topological polar surface area (TPSA) is 126 Å². The van der Waals surface area contributed by atoms with Gasteiger partial charge in [-0.2, -0.15) is 0 Å². The third-order valence-electron chi connectivity index (χ3n) is 11.1. The van der Waals surface area contributed by atoms with Gasteiger partial charge in [-0.15, -0.1) is 11.6 Å². The number of nitrogens with two attached hydrogens (primary N) is 2. The number of carbonyl (C=O) groups excluding carboxylic acids is 1. The number of likely N-dealkylation sites (N-methyl/N-ethyl adjacent to an activating group) is 1. The van der Waals surface area contributed by atoms with Gasteiger partial charge in [-0.1, -0.05) is 58.1 Å². The van der Waals surface area contributed by atoms with E-state index >= 15 is 0 Å². The van der Waals surface area contributed by atoms with E-state index in [0.29, 0.717) is 18.5 Å². The Kier molecular flexibility index (Phi) is 14.6. The number of likely N-dealkylation sites (tertiary alicyclic amines) is 1. The van der Waals surface area contributed by atoms with Crippen LogP contribution >= 0.6 is 11.6 Å². The van der Waals surface area contributed by atoms with Gasteiger partial charge in [-0.3, -0.25) is 14.6 Å². The lowest BCUT2D eigenvalue weighted by Gasteiger charge is -2.46. The molecule has 260 valence electrons. The molecular formula is C34H64ClN7O2S. The molecule has 4 aliphatic rings. The second-order valence-electron chi connectivity index (χ2n) is 14.6. The van der Waals surface area contributed by atoms with Crippen LogP contribution in [0.5, 0.6) is 0 Å². The lowest BCUT2D eigenvalue weighted by molar-refractivity contribution is -0.126. The van der Waals surface area contributed by atoms with E-state index < -0.39 is 23.3 Å². The summed E-state index contributed by atoms with van der Waals surface area (Å²) in [6, 6.07) is 0.416. The number of piperidine rings is 1. The second kappa shape index (κ2) is 17.7. The molecule has 0 saturated carbocycles. The first kappa shape index (κ1) is 37.2. The van der Waals surface area contributed by atoms with Crippen LogP contribution in [0.1, 0.15) is 91.9 Å². The van der Waals surface area contributed by atoms with Crippen LogP contribution in [0.15, 0.2) is 11.4 Å². The lowest BCUT2D eigenvalue weighted by atomic mass is 9.72. The van der Waals surface area contributed by atoms with Crippen molar-refractivity contribution in [3.63, 3.8) is 0 Å². The first-order valence-electron chi connectivity index (χ1n) is 18.1. The number of amides is 1. The molecule has 0 aliphatic carbocycles. The average Bonchev–Trinajstić information content (AvgIpc) is 3.01. The molecule has 11 heteroatoms. The summed E-state index contributed by atoms with van der Waals surface area (Å²) in [4.78, 5) is 22.0. The maximum atomic E-state index is 14.4. The number of halogens is 1. The largest absolute Gasteiger partial charge is 0.616 e. The molecule has 4 heterocycles. The highest BCUT2D eigenvalue weighted by molar-refractivity contribution is 7.91. The van der Waals surface area contributed by atoms with Crippen molar-refractivity contribution in [2.24, 2.45) is 28.7 Å². The summed E-state index contributed by atoms with van der Waals surface area (Å²) in [7, 11) is 0. The summed E-state index contributed by atoms with van der Waals surface area (Å²) in [5.74, 6) is 1.36. The number of nitrogens with zero attached hydrogens (tertiary/aromatic N) is 3. The predicted octanol–water partition coefficient (Wildman–Crippen LogP) is 3.40. The van der Waals surface area contributed by atoms with Crippen molar-refractivity contribution in [1.82, 2.24) is 25.3 Å². The zero-order chi connectivity index (χ0) is 32.6. The minimum Gasteiger partial charge on any atom is -0.616 e. The number of nitrogens with one attached hydrogen (secondary N) is 2. The SMILES string of the molecule is CCCCC1(C)CCC(Cl)CNC(C(C(=O)NC2=C(N3CCC(N4CC[S+]([O-])CC4)CC3)C(CCC)CN(CC)C2)C(N)N)C1. The zero-order valence-electron chi connectivity index (χ0n) is 28.7. The quantitative estimate of drug-likeness (QED) is 0.142. The summed E-state index contributed by atoms with van der Waals surface area (Å²) in [6.07, 6.45) is 9.95. The van der Waals surface area contributed by atoms with E-state index in [1.807, 2.05) is 0 Å². The van der Waals surface area contributed by atoms with Gasteiger partial charge in [0.05, 0.1) is 17.8 Å². The molecule has 3 saturated heterocycles. The molecule has 0 bridgehead atoms. The van der Waals surface area contributed by atoms with Gasteiger partial charge in [0.25, 0.3) is 0 Å². The third-order valence-corrected chi connectivity index (χ3v) is 12.8. The molecule has 0 radical (unpaired) electrons. The number of unbranched alkanes of at least 4 members (excludes halogenated alkanes) is 1. The summed E-state index contributed by atoms with van der Waals surface area (Å²) >= 11 is 6.08. The molecule has 5 atom stereocenters. The van der Waals surface area contributed by atoms with Crippen LogP contribution in [0, 0.1) is 17.3 Å². The van der Waals surface area contributed by atoms with Crippen molar-refractivity contribution in [1.29, 1.82) is 0 Å². The van der Waals surface area contributed by atoms with Crippen molar-refractivity contribution >= 4 is 28.7 Å². The van der Waals surface area contributed by atoms with Crippen LogP contribution in [0.3, 0.4) is 0 Å². The Labute approximate surface area is 282 Å². The van der Waals surface area contributed by atoms with Gasteiger partial charge in [0, 0.05) is 74.9 Å². The van der Waals surface area contributed by atoms with Crippen molar-refractivity contribution in [3.05, 3.63) is 11.4 Å². The molecule has 3 fully saturated rings. The van der Waals surface area contributed by atoms with Gasteiger partial charge in [-0.25, -0.2) is 0 Å². The molecule has 4 aliphatic heterocycles. The highest BCUT2D eigenvalue weighted by atomic mass is 35.5. The molecule has 0 aromatic rings. The van der Waals surface area contributed by atoms with Gasteiger partial charge >= 0.3 is 0 Å². The fourth-order valence-electron chi connectivity index (χ4n) is 8.41. The van der Waals surface area contributed by atoms with E-state index in [1.165, 1.54) is 5.70 Å². The van der Waals surface area contributed by atoms with Crippen LogP contribution in [-0.2, 0) is 16.0 Å². The Morgan fingerprint density at radius 3 is 2.47 bits per heavy atom. The molecule has 0 spiro atoms. The maximum absolute atomic E-state index is 14.4. The van der Waals surface area contributed by atoms with Gasteiger partial charge < -0.3 is 31.6 Å². The van der Waals surface area contributed by atoms with Gasteiger partial charge in [-0.05, 0) is 56.9 Å². The number of rotatable bonds is 12. The van der Waals surface area contributed by atoms with Crippen LogP contribution < -0.4 is 22.1 Å². The smallest absolute Gasteiger partial charge is 0.231 e. The standard InChI is InChI=1S/C34H64ClN7O2S/c1-5-8-13-34(4)14-10-26(35)22-38-28(21-34)30(32(36)37)33(43)39-29-24-40(7-3)23-25(9-6-2)31(29)42-15-11-27(12-16-42)41-17-19-45(44)20-18-41/h25-28,30,32,38H,5-24,36-37H2,1-4H3,(H,39,43). The molecule has 45 heavy (non-hydrogen) atoms. The van der Waals surface area contributed by atoms with Gasteiger partial charge in [0.2, 0.25) is 5.91 Å². The second-order valence-corrected chi connectivity index (χ2v) is 17.0. The van der Waals surface area contributed by atoms with Crippen LogP contribution in [-0.4, -0.2) is 113 Å². The van der Waals surface area contributed by atoms with Gasteiger partial charge in [0.1, 0.15) is 11.5 Å². The van der Waals surface area contributed by atoms with Gasteiger partial charge in [0.15, 0.2) is 0 Å². The summed E-state index contributed by atoms with van der Waals surface area (Å²) in [5, 5.41) is 7.16. The summed E-state index contributed by atoms with van der Waals surface area (Å²) in [5.41, 5.74) is 15.4. The van der Waals surface area contributed by atoms with Crippen molar-refractivity contribution < 1.29 is 9.35 Å². The minimum absolute atomic E-state index is 0.0297. The molecule has 0 aromatic heterocycles. The van der Waals surface area contributed by atoms with Crippen molar-refractivity contribution in [2.75, 3.05) is 63.9 Å².